The van der Waals surface area contributed by atoms with Gasteiger partial charge in [0.2, 0.25) is 11.8 Å². The average molecular weight is 299 g/mol. The van der Waals surface area contributed by atoms with Crippen LogP contribution in [0.1, 0.15) is 37.4 Å². The molecule has 116 valence electrons. The number of rotatable bonds is 3. The lowest BCUT2D eigenvalue weighted by Gasteiger charge is -2.16. The molecule has 1 aliphatic rings. The molecule has 2 N–H and O–H groups in total. The Balaban J connectivity index is 1.81. The Hall–Kier alpha value is -2.30. The summed E-state index contributed by atoms with van der Waals surface area (Å²) >= 11 is 0. The van der Waals surface area contributed by atoms with Crippen molar-refractivity contribution in [3.63, 3.8) is 0 Å². The van der Waals surface area contributed by atoms with Gasteiger partial charge in [-0.1, -0.05) is 18.2 Å². The molecule has 2 aromatic rings. The number of benzene rings is 1. The van der Waals surface area contributed by atoms with Crippen LogP contribution in [-0.4, -0.2) is 16.4 Å². The zero-order valence-corrected chi connectivity index (χ0v) is 12.8. The Kier molecular flexibility index (Phi) is 4.13. The van der Waals surface area contributed by atoms with E-state index >= 15 is 0 Å². The summed E-state index contributed by atoms with van der Waals surface area (Å²) in [5.74, 6) is -0.435. The van der Waals surface area contributed by atoms with Crippen LogP contribution >= 0.6 is 0 Å². The molecule has 1 aliphatic carbocycles. The number of hydrogen-bond donors (Lipinski definition) is 2. The van der Waals surface area contributed by atoms with E-state index in [2.05, 4.69) is 33.6 Å². The highest BCUT2D eigenvalue weighted by Crippen LogP contribution is 2.32. The number of carbonyl (C=O) groups excluding carboxylic acids is 2. The van der Waals surface area contributed by atoms with Crippen molar-refractivity contribution in [2.45, 2.75) is 45.6 Å². The molecule has 0 atom stereocenters. The summed E-state index contributed by atoms with van der Waals surface area (Å²) < 4.78 is 2.27. The van der Waals surface area contributed by atoms with Gasteiger partial charge in [-0.2, -0.15) is 0 Å². The summed E-state index contributed by atoms with van der Waals surface area (Å²) in [5, 5.41) is 1.32. The van der Waals surface area contributed by atoms with E-state index in [4.69, 9.17) is 0 Å². The van der Waals surface area contributed by atoms with Gasteiger partial charge < -0.3 is 4.57 Å². The third kappa shape index (κ3) is 2.84. The molecule has 0 saturated heterocycles. The van der Waals surface area contributed by atoms with Gasteiger partial charge in [0.1, 0.15) is 0 Å². The Labute approximate surface area is 129 Å². The number of fused-ring (bicyclic) bond motifs is 3. The Morgan fingerprint density at radius 1 is 1.14 bits per heavy atom. The maximum atomic E-state index is 11.8. The van der Waals surface area contributed by atoms with Gasteiger partial charge in [0.25, 0.3) is 0 Å². The van der Waals surface area contributed by atoms with Crippen LogP contribution in [0.15, 0.2) is 24.3 Å². The maximum Gasteiger partial charge on any atom is 0.240 e. The fourth-order valence-electron chi connectivity index (χ4n) is 3.28. The number of hydrazine groups is 1. The zero-order valence-electron chi connectivity index (χ0n) is 12.8. The van der Waals surface area contributed by atoms with E-state index in [1.54, 1.807) is 0 Å². The summed E-state index contributed by atoms with van der Waals surface area (Å²) in [6.07, 6.45) is 5.01. The van der Waals surface area contributed by atoms with Crippen molar-refractivity contribution in [3.05, 3.63) is 35.5 Å². The van der Waals surface area contributed by atoms with Crippen molar-refractivity contribution in [2.24, 2.45) is 0 Å². The van der Waals surface area contributed by atoms with Crippen LogP contribution in [0, 0.1) is 0 Å². The first-order chi connectivity index (χ1) is 10.7. The molecule has 0 saturated carbocycles. The monoisotopic (exact) mass is 299 g/mol. The van der Waals surface area contributed by atoms with Gasteiger partial charge in [-0.25, -0.2) is 0 Å². The quantitative estimate of drug-likeness (QED) is 0.852. The standard InChI is InChI=1S/C17H21N3O2/c1-12(21)18-19-17(22)10-11-20-15-8-4-2-6-13(15)14-7-3-5-9-16(14)20/h2,4,6,8H,3,5,7,9-11H2,1H3,(H,18,21)(H,19,22). The summed E-state index contributed by atoms with van der Waals surface area (Å²) in [6.45, 7) is 2.01. The fraction of sp³-hybridized carbons (Fsp3) is 0.412. The topological polar surface area (TPSA) is 63.1 Å². The molecule has 0 bridgehead atoms. The van der Waals surface area contributed by atoms with E-state index in [0.29, 0.717) is 13.0 Å². The van der Waals surface area contributed by atoms with Crippen LogP contribution in [0.3, 0.4) is 0 Å². The maximum absolute atomic E-state index is 11.8. The molecule has 0 spiro atoms. The molecule has 5 heteroatoms. The first-order valence-corrected chi connectivity index (χ1v) is 7.81. The van der Waals surface area contributed by atoms with Crippen molar-refractivity contribution in [1.29, 1.82) is 0 Å². The molecule has 1 aromatic heterocycles. The number of nitrogens with zero attached hydrogens (tertiary/aromatic N) is 1. The second-order valence-electron chi connectivity index (χ2n) is 5.78. The predicted octanol–water partition coefficient (Wildman–Crippen LogP) is 2.08. The number of nitrogens with one attached hydrogen (secondary N) is 2. The smallest absolute Gasteiger partial charge is 0.240 e. The molecular weight excluding hydrogens is 278 g/mol. The fourth-order valence-corrected chi connectivity index (χ4v) is 3.28. The molecule has 5 nitrogen and oxygen atoms in total. The number of aromatic nitrogens is 1. The van der Waals surface area contributed by atoms with Crippen LogP contribution in [0.25, 0.3) is 10.9 Å². The summed E-state index contributed by atoms with van der Waals surface area (Å²) in [4.78, 5) is 22.6. The van der Waals surface area contributed by atoms with Crippen LogP contribution < -0.4 is 10.9 Å². The number of hydrogen-bond acceptors (Lipinski definition) is 2. The van der Waals surface area contributed by atoms with E-state index in [0.717, 1.165) is 12.8 Å². The molecular formula is C17H21N3O2. The van der Waals surface area contributed by atoms with Crippen LogP contribution in [0.5, 0.6) is 0 Å². The zero-order chi connectivity index (χ0) is 15.5. The third-order valence-corrected chi connectivity index (χ3v) is 4.22. The first-order valence-electron chi connectivity index (χ1n) is 7.81. The molecule has 1 aromatic carbocycles. The van der Waals surface area contributed by atoms with Gasteiger partial charge in [0, 0.05) is 36.5 Å². The van der Waals surface area contributed by atoms with Gasteiger partial charge in [-0.15, -0.1) is 0 Å². The van der Waals surface area contributed by atoms with E-state index in [9.17, 15) is 9.59 Å². The lowest BCUT2D eigenvalue weighted by molar-refractivity contribution is -0.128. The number of para-hydroxylation sites is 1. The molecule has 22 heavy (non-hydrogen) atoms. The van der Waals surface area contributed by atoms with Crippen molar-refractivity contribution < 1.29 is 9.59 Å². The molecule has 0 aliphatic heterocycles. The van der Waals surface area contributed by atoms with Crippen molar-refractivity contribution in [2.75, 3.05) is 0 Å². The van der Waals surface area contributed by atoms with Gasteiger partial charge in [0.15, 0.2) is 0 Å². The lowest BCUT2D eigenvalue weighted by atomic mass is 9.95. The lowest BCUT2D eigenvalue weighted by Crippen LogP contribution is -2.40. The van der Waals surface area contributed by atoms with Crippen LogP contribution in [-0.2, 0) is 29.0 Å². The second kappa shape index (κ2) is 6.22. The third-order valence-electron chi connectivity index (χ3n) is 4.22. The van der Waals surface area contributed by atoms with E-state index in [-0.39, 0.29) is 11.8 Å². The van der Waals surface area contributed by atoms with Gasteiger partial charge >= 0.3 is 0 Å². The Morgan fingerprint density at radius 3 is 2.73 bits per heavy atom. The molecule has 2 amide bonds. The molecule has 1 heterocycles. The van der Waals surface area contributed by atoms with Crippen LogP contribution in [0.4, 0.5) is 0 Å². The number of aryl methyl sites for hydroxylation is 2. The average Bonchev–Trinajstić information content (AvgIpc) is 2.85. The summed E-state index contributed by atoms with van der Waals surface area (Å²) in [7, 11) is 0. The minimum absolute atomic E-state index is 0.169. The van der Waals surface area contributed by atoms with Gasteiger partial charge in [-0.3, -0.25) is 20.4 Å². The largest absolute Gasteiger partial charge is 0.344 e. The minimum atomic E-state index is -0.267. The van der Waals surface area contributed by atoms with E-state index in [1.165, 1.54) is 41.9 Å². The molecule has 3 rings (SSSR count). The van der Waals surface area contributed by atoms with Crippen molar-refractivity contribution in [3.8, 4) is 0 Å². The van der Waals surface area contributed by atoms with Gasteiger partial charge in [-0.05, 0) is 37.3 Å². The van der Waals surface area contributed by atoms with Crippen molar-refractivity contribution in [1.82, 2.24) is 15.4 Å². The SMILES string of the molecule is CC(=O)NNC(=O)CCn1c2c(c3ccccc31)CCCC2. The number of amides is 2. The highest BCUT2D eigenvalue weighted by molar-refractivity contribution is 5.86. The van der Waals surface area contributed by atoms with Crippen LogP contribution in [0.2, 0.25) is 0 Å². The summed E-state index contributed by atoms with van der Waals surface area (Å²) in [6, 6.07) is 8.42. The van der Waals surface area contributed by atoms with E-state index in [1.807, 2.05) is 6.07 Å². The Bertz CT molecular complexity index is 718. The predicted molar refractivity (Wildman–Crippen MR) is 85.2 cm³/mol. The van der Waals surface area contributed by atoms with Crippen molar-refractivity contribution >= 4 is 22.7 Å². The summed E-state index contributed by atoms with van der Waals surface area (Å²) in [5.41, 5.74) is 8.78. The van der Waals surface area contributed by atoms with E-state index < -0.39 is 0 Å². The highest BCUT2D eigenvalue weighted by atomic mass is 16.2. The minimum Gasteiger partial charge on any atom is -0.344 e. The first kappa shape index (κ1) is 14.6. The normalized spacial score (nSPS) is 13.7. The number of carbonyl (C=O) groups is 2. The van der Waals surface area contributed by atoms with Gasteiger partial charge in [0.05, 0.1) is 0 Å². The highest BCUT2D eigenvalue weighted by Gasteiger charge is 2.19. The Morgan fingerprint density at radius 2 is 1.91 bits per heavy atom. The molecule has 0 unspecified atom stereocenters. The molecule has 0 fully saturated rings. The molecule has 0 radical (unpaired) electrons. The second-order valence-corrected chi connectivity index (χ2v) is 5.78.